The van der Waals surface area contributed by atoms with Crippen molar-refractivity contribution in [1.29, 1.82) is 5.26 Å². The smallest absolute Gasteiger partial charge is 0.382 e. The van der Waals surface area contributed by atoms with Gasteiger partial charge in [0.2, 0.25) is 5.82 Å². The minimum absolute atomic E-state index is 0.00939. The summed E-state index contributed by atoms with van der Waals surface area (Å²) in [5.41, 5.74) is 7.53. The Bertz CT molecular complexity index is 1630. The number of hydrogen-bond acceptors (Lipinski definition) is 8. The van der Waals surface area contributed by atoms with Gasteiger partial charge in [0.05, 0.1) is 23.1 Å². The standard InChI is InChI=1S/C22H14F4N10/c1-11(15-9-35(34-33-15)16-5-3-2-4-14(16)23)18-13(6-27)17(19-20(28)31-10-32-36(18)19)12-7-29-21(30-8-12)22(24,25)26/h2-5,7-11H,1H3,(H2,28,31,32). The van der Waals surface area contributed by atoms with E-state index in [2.05, 4.69) is 36.4 Å². The number of hydrogen-bond donors (Lipinski definition) is 1. The number of halogens is 4. The highest BCUT2D eigenvalue weighted by Gasteiger charge is 2.35. The zero-order valence-electron chi connectivity index (χ0n) is 18.3. The third kappa shape index (κ3) is 3.66. The molecule has 0 fully saturated rings. The van der Waals surface area contributed by atoms with E-state index in [1.54, 1.807) is 19.1 Å². The van der Waals surface area contributed by atoms with Gasteiger partial charge in [0.25, 0.3) is 0 Å². The first kappa shape index (κ1) is 22.8. The fraction of sp³-hybridized carbons (Fsp3) is 0.136. The molecule has 0 aliphatic carbocycles. The number of nitrogen functional groups attached to an aromatic ring is 1. The van der Waals surface area contributed by atoms with E-state index in [1.165, 1.54) is 33.9 Å². The first-order valence-corrected chi connectivity index (χ1v) is 10.3. The number of para-hydroxylation sites is 1. The van der Waals surface area contributed by atoms with Crippen molar-refractivity contribution in [2.24, 2.45) is 0 Å². The zero-order chi connectivity index (χ0) is 25.6. The van der Waals surface area contributed by atoms with E-state index in [1.807, 2.05) is 0 Å². The third-order valence-corrected chi connectivity index (χ3v) is 5.56. The molecule has 36 heavy (non-hydrogen) atoms. The van der Waals surface area contributed by atoms with Gasteiger partial charge >= 0.3 is 6.18 Å². The number of benzene rings is 1. The lowest BCUT2D eigenvalue weighted by molar-refractivity contribution is -0.144. The first-order valence-electron chi connectivity index (χ1n) is 10.3. The van der Waals surface area contributed by atoms with Gasteiger partial charge in [-0.3, -0.25) is 0 Å². The molecule has 1 unspecified atom stereocenters. The molecule has 14 heteroatoms. The van der Waals surface area contributed by atoms with Crippen LogP contribution < -0.4 is 5.73 Å². The average Bonchev–Trinajstić information content (AvgIpc) is 3.47. The van der Waals surface area contributed by atoms with Crippen molar-refractivity contribution >= 4 is 11.3 Å². The largest absolute Gasteiger partial charge is 0.451 e. The molecule has 0 saturated heterocycles. The third-order valence-electron chi connectivity index (χ3n) is 5.56. The van der Waals surface area contributed by atoms with Crippen LogP contribution in [0.3, 0.4) is 0 Å². The Hall–Kier alpha value is -4.93. The molecule has 5 aromatic rings. The van der Waals surface area contributed by atoms with E-state index in [-0.39, 0.29) is 33.7 Å². The van der Waals surface area contributed by atoms with Crippen molar-refractivity contribution in [2.45, 2.75) is 19.0 Å². The summed E-state index contributed by atoms with van der Waals surface area (Å²) < 4.78 is 55.8. The molecule has 0 aliphatic heterocycles. The summed E-state index contributed by atoms with van der Waals surface area (Å²) >= 11 is 0. The Labute approximate surface area is 199 Å². The molecular weight excluding hydrogens is 480 g/mol. The molecule has 180 valence electrons. The Morgan fingerprint density at radius 1 is 1.11 bits per heavy atom. The average molecular weight is 494 g/mol. The molecule has 0 aliphatic rings. The van der Waals surface area contributed by atoms with E-state index in [0.29, 0.717) is 11.4 Å². The topological polar surface area (TPSA) is 136 Å². The lowest BCUT2D eigenvalue weighted by Crippen LogP contribution is -2.10. The van der Waals surface area contributed by atoms with Gasteiger partial charge in [-0.2, -0.15) is 23.5 Å². The van der Waals surface area contributed by atoms with Crippen LogP contribution >= 0.6 is 0 Å². The summed E-state index contributed by atoms with van der Waals surface area (Å²) in [6, 6.07) is 8.09. The lowest BCUT2D eigenvalue weighted by Gasteiger charge is -2.09. The Morgan fingerprint density at radius 3 is 2.50 bits per heavy atom. The highest BCUT2D eigenvalue weighted by Crippen LogP contribution is 2.39. The fourth-order valence-electron chi connectivity index (χ4n) is 3.90. The Balaban J connectivity index is 1.68. The lowest BCUT2D eigenvalue weighted by atomic mass is 9.97. The molecule has 5 rings (SSSR count). The SMILES string of the molecule is CC(c1cn(-c2ccccc2F)nn1)c1c(C#N)c(-c2cnc(C(F)(F)F)nc2)c2c(N)ncnn12. The summed E-state index contributed by atoms with van der Waals surface area (Å²) in [5, 5.41) is 22.4. The monoisotopic (exact) mass is 494 g/mol. The maximum Gasteiger partial charge on any atom is 0.451 e. The van der Waals surface area contributed by atoms with Crippen LogP contribution in [0.1, 0.15) is 35.6 Å². The molecule has 10 nitrogen and oxygen atoms in total. The van der Waals surface area contributed by atoms with Crippen LogP contribution in [0.25, 0.3) is 22.3 Å². The maximum absolute atomic E-state index is 14.2. The Morgan fingerprint density at radius 2 is 1.83 bits per heavy atom. The van der Waals surface area contributed by atoms with Crippen molar-refractivity contribution in [3.63, 3.8) is 0 Å². The summed E-state index contributed by atoms with van der Waals surface area (Å²) in [6.07, 6.45) is -0.119. The molecule has 0 radical (unpaired) electrons. The van der Waals surface area contributed by atoms with Crippen molar-refractivity contribution in [2.75, 3.05) is 5.73 Å². The Kier molecular flexibility index (Phi) is 5.32. The first-order chi connectivity index (χ1) is 17.2. The van der Waals surface area contributed by atoms with Crippen molar-refractivity contribution in [3.05, 3.63) is 77.8 Å². The van der Waals surface area contributed by atoms with Gasteiger partial charge in [-0.1, -0.05) is 24.3 Å². The molecule has 0 bridgehead atoms. The number of aromatic nitrogens is 8. The summed E-state index contributed by atoms with van der Waals surface area (Å²) in [5.74, 6) is -2.45. The van der Waals surface area contributed by atoms with Gasteiger partial charge in [-0.05, 0) is 12.1 Å². The van der Waals surface area contributed by atoms with Gasteiger partial charge in [0, 0.05) is 29.4 Å². The van der Waals surface area contributed by atoms with E-state index in [9.17, 15) is 22.8 Å². The van der Waals surface area contributed by atoms with Crippen LogP contribution in [-0.4, -0.2) is 39.6 Å². The van der Waals surface area contributed by atoms with Crippen LogP contribution in [0, 0.1) is 17.1 Å². The van der Waals surface area contributed by atoms with Gasteiger partial charge in [0.1, 0.15) is 29.4 Å². The number of anilines is 1. The second kappa shape index (κ2) is 8.38. The summed E-state index contributed by atoms with van der Waals surface area (Å²) in [4.78, 5) is 10.8. The van der Waals surface area contributed by atoms with Crippen LogP contribution in [0.15, 0.2) is 49.2 Å². The normalized spacial score (nSPS) is 12.6. The molecule has 2 N–H and O–H groups in total. The minimum Gasteiger partial charge on any atom is -0.382 e. The van der Waals surface area contributed by atoms with E-state index in [0.717, 1.165) is 12.4 Å². The van der Waals surface area contributed by atoms with E-state index >= 15 is 0 Å². The number of rotatable bonds is 4. The minimum atomic E-state index is -4.73. The fourth-order valence-corrected chi connectivity index (χ4v) is 3.90. The van der Waals surface area contributed by atoms with Crippen molar-refractivity contribution < 1.29 is 17.6 Å². The highest BCUT2D eigenvalue weighted by atomic mass is 19.4. The van der Waals surface area contributed by atoms with Crippen molar-refractivity contribution in [3.8, 4) is 22.9 Å². The van der Waals surface area contributed by atoms with Crippen molar-refractivity contribution in [1.82, 2.24) is 39.6 Å². The second-order valence-corrected chi connectivity index (χ2v) is 7.71. The number of fused-ring (bicyclic) bond motifs is 1. The number of alkyl halides is 3. The molecule has 1 atom stereocenters. The highest BCUT2D eigenvalue weighted by molar-refractivity contribution is 5.92. The van der Waals surface area contributed by atoms with Gasteiger partial charge < -0.3 is 5.73 Å². The number of nitriles is 1. The van der Waals surface area contributed by atoms with E-state index in [4.69, 9.17) is 5.73 Å². The van der Waals surface area contributed by atoms with Crippen LogP contribution in [0.4, 0.5) is 23.4 Å². The molecule has 4 aromatic heterocycles. The van der Waals surface area contributed by atoms with Crippen LogP contribution in [0.5, 0.6) is 0 Å². The van der Waals surface area contributed by atoms with Gasteiger partial charge in [0.15, 0.2) is 5.82 Å². The predicted octanol–water partition coefficient (Wildman–Crippen LogP) is 3.53. The summed E-state index contributed by atoms with van der Waals surface area (Å²) in [6.45, 7) is 1.73. The number of nitrogens with zero attached hydrogens (tertiary/aromatic N) is 9. The van der Waals surface area contributed by atoms with Crippen LogP contribution in [-0.2, 0) is 6.18 Å². The quantitative estimate of drug-likeness (QED) is 0.375. The molecule has 1 aromatic carbocycles. The van der Waals surface area contributed by atoms with Crippen LogP contribution in [0.2, 0.25) is 0 Å². The molecule has 4 heterocycles. The molecule has 0 amide bonds. The summed E-state index contributed by atoms with van der Waals surface area (Å²) in [7, 11) is 0. The molecule has 0 spiro atoms. The van der Waals surface area contributed by atoms with Gasteiger partial charge in [-0.15, -0.1) is 5.10 Å². The predicted molar refractivity (Wildman–Crippen MR) is 117 cm³/mol. The second-order valence-electron chi connectivity index (χ2n) is 7.71. The molecule has 0 saturated carbocycles. The van der Waals surface area contributed by atoms with E-state index < -0.39 is 23.7 Å². The molecular formula is C22H14F4N10. The zero-order valence-corrected chi connectivity index (χ0v) is 18.3. The number of nitrogens with two attached hydrogens (primary N) is 1. The van der Waals surface area contributed by atoms with Gasteiger partial charge in [-0.25, -0.2) is 28.5 Å². The maximum atomic E-state index is 14.2.